The minimum absolute atomic E-state index is 0.199. The van der Waals surface area contributed by atoms with Crippen molar-refractivity contribution in [2.24, 2.45) is 0 Å². The second-order valence-electron chi connectivity index (χ2n) is 2.91. The van der Waals surface area contributed by atoms with E-state index in [0.29, 0.717) is 6.54 Å². The van der Waals surface area contributed by atoms with Crippen LogP contribution in [0.5, 0.6) is 0 Å². The molecular weight excluding hydrogens is 182 g/mol. The van der Waals surface area contributed by atoms with Gasteiger partial charge < -0.3 is 14.6 Å². The third-order valence-corrected chi connectivity index (χ3v) is 1.84. The summed E-state index contributed by atoms with van der Waals surface area (Å²) in [5.41, 5.74) is 1.13. The molecule has 1 aliphatic rings. The summed E-state index contributed by atoms with van der Waals surface area (Å²) in [6.07, 6.45) is 0.582. The van der Waals surface area contributed by atoms with Gasteiger partial charge in [-0.3, -0.25) is 0 Å². The van der Waals surface area contributed by atoms with Crippen LogP contribution < -0.4 is 5.32 Å². The molecule has 1 aliphatic heterocycles. The van der Waals surface area contributed by atoms with Crippen molar-refractivity contribution in [3.8, 4) is 0 Å². The molecule has 4 nitrogen and oxygen atoms in total. The number of aliphatic hydroxyl groups is 1. The summed E-state index contributed by atoms with van der Waals surface area (Å²) in [4.78, 5) is 0. The van der Waals surface area contributed by atoms with Gasteiger partial charge in [-0.1, -0.05) is 30.3 Å². The molecule has 1 atom stereocenters. The summed E-state index contributed by atoms with van der Waals surface area (Å²) in [7, 11) is 0. The van der Waals surface area contributed by atoms with E-state index in [1.807, 2.05) is 30.3 Å². The van der Waals surface area contributed by atoms with Crippen molar-refractivity contribution in [2.75, 3.05) is 0 Å². The van der Waals surface area contributed by atoms with E-state index >= 15 is 0 Å². The first kappa shape index (κ1) is 8.90. The molecule has 0 aliphatic carbocycles. The number of benzene rings is 1. The fourth-order valence-corrected chi connectivity index (χ4v) is 1.17. The van der Waals surface area contributed by atoms with Gasteiger partial charge in [0.25, 0.3) is 0 Å². The SMILES string of the molecule is OC1=COC(NCc2ccccc2)O1. The van der Waals surface area contributed by atoms with Gasteiger partial charge in [0.1, 0.15) is 0 Å². The quantitative estimate of drug-likeness (QED) is 0.763. The molecule has 0 amide bonds. The Morgan fingerprint density at radius 3 is 2.71 bits per heavy atom. The first-order valence-electron chi connectivity index (χ1n) is 4.33. The molecule has 1 heterocycles. The van der Waals surface area contributed by atoms with E-state index in [1.54, 1.807) is 0 Å². The number of nitrogens with one attached hydrogen (secondary N) is 1. The third kappa shape index (κ3) is 2.17. The van der Waals surface area contributed by atoms with Crippen LogP contribution in [0.25, 0.3) is 0 Å². The Morgan fingerprint density at radius 1 is 1.29 bits per heavy atom. The Labute approximate surface area is 81.8 Å². The second kappa shape index (κ2) is 4.02. The van der Waals surface area contributed by atoms with Crippen molar-refractivity contribution < 1.29 is 14.6 Å². The Bertz CT molecular complexity index is 323. The molecule has 14 heavy (non-hydrogen) atoms. The Kier molecular flexibility index (Phi) is 2.55. The zero-order valence-corrected chi connectivity index (χ0v) is 7.51. The van der Waals surface area contributed by atoms with Gasteiger partial charge in [-0.05, 0) is 5.56 Å². The molecule has 4 heteroatoms. The number of rotatable bonds is 3. The zero-order chi connectivity index (χ0) is 9.80. The predicted molar refractivity (Wildman–Crippen MR) is 50.0 cm³/mol. The van der Waals surface area contributed by atoms with E-state index in [4.69, 9.17) is 14.6 Å². The van der Waals surface area contributed by atoms with Gasteiger partial charge in [0.05, 0.1) is 0 Å². The van der Waals surface area contributed by atoms with Crippen molar-refractivity contribution >= 4 is 0 Å². The Balaban J connectivity index is 1.79. The van der Waals surface area contributed by atoms with E-state index in [2.05, 4.69) is 5.32 Å². The maximum absolute atomic E-state index is 8.87. The topological polar surface area (TPSA) is 50.7 Å². The highest BCUT2D eigenvalue weighted by Crippen LogP contribution is 2.09. The van der Waals surface area contributed by atoms with Gasteiger partial charge in [-0.25, -0.2) is 5.32 Å². The molecule has 74 valence electrons. The van der Waals surface area contributed by atoms with E-state index < -0.39 is 6.41 Å². The lowest BCUT2D eigenvalue weighted by atomic mass is 10.2. The highest BCUT2D eigenvalue weighted by molar-refractivity contribution is 5.14. The van der Waals surface area contributed by atoms with Gasteiger partial charge in [0.15, 0.2) is 6.26 Å². The predicted octanol–water partition coefficient (Wildman–Crippen LogP) is 1.46. The average Bonchev–Trinajstić information content (AvgIpc) is 2.63. The van der Waals surface area contributed by atoms with Crippen LogP contribution in [0.2, 0.25) is 0 Å². The average molecular weight is 193 g/mol. The fraction of sp³-hybridized carbons (Fsp3) is 0.200. The first-order valence-corrected chi connectivity index (χ1v) is 4.33. The molecule has 2 N–H and O–H groups in total. The lowest BCUT2D eigenvalue weighted by Gasteiger charge is -2.11. The van der Waals surface area contributed by atoms with Crippen LogP contribution in [-0.4, -0.2) is 11.5 Å². The summed E-state index contributed by atoms with van der Waals surface area (Å²) in [6.45, 7) is 0.632. The van der Waals surface area contributed by atoms with Gasteiger partial charge in [-0.2, -0.15) is 0 Å². The Hall–Kier alpha value is -1.68. The zero-order valence-electron chi connectivity index (χ0n) is 7.51. The molecule has 0 saturated heterocycles. The minimum atomic E-state index is -0.588. The Morgan fingerprint density at radius 2 is 2.07 bits per heavy atom. The van der Waals surface area contributed by atoms with Crippen molar-refractivity contribution in [3.63, 3.8) is 0 Å². The van der Waals surface area contributed by atoms with Crippen LogP contribution in [0.1, 0.15) is 5.56 Å². The van der Waals surface area contributed by atoms with Crippen molar-refractivity contribution in [1.82, 2.24) is 5.32 Å². The molecule has 1 unspecified atom stereocenters. The van der Waals surface area contributed by atoms with E-state index in [9.17, 15) is 0 Å². The second-order valence-corrected chi connectivity index (χ2v) is 2.91. The fourth-order valence-electron chi connectivity index (χ4n) is 1.17. The van der Waals surface area contributed by atoms with Crippen LogP contribution in [0.3, 0.4) is 0 Å². The molecule has 0 saturated carbocycles. The van der Waals surface area contributed by atoms with E-state index in [-0.39, 0.29) is 5.95 Å². The molecule has 0 fully saturated rings. The van der Waals surface area contributed by atoms with Crippen LogP contribution >= 0.6 is 0 Å². The van der Waals surface area contributed by atoms with E-state index in [0.717, 1.165) is 5.56 Å². The summed E-state index contributed by atoms with van der Waals surface area (Å²) in [5.74, 6) is -0.199. The molecular formula is C10H11NO3. The highest BCUT2D eigenvalue weighted by Gasteiger charge is 2.17. The van der Waals surface area contributed by atoms with Crippen LogP contribution in [0.15, 0.2) is 42.5 Å². The molecule has 1 aromatic carbocycles. The summed E-state index contributed by atoms with van der Waals surface area (Å²) in [6, 6.07) is 9.87. The first-order chi connectivity index (χ1) is 6.84. The van der Waals surface area contributed by atoms with Crippen LogP contribution in [-0.2, 0) is 16.0 Å². The summed E-state index contributed by atoms with van der Waals surface area (Å²) >= 11 is 0. The number of aliphatic hydroxyl groups excluding tert-OH is 1. The normalized spacial score (nSPS) is 19.7. The van der Waals surface area contributed by atoms with Crippen LogP contribution in [0, 0.1) is 0 Å². The smallest absolute Gasteiger partial charge is 0.317 e. The molecule has 0 aromatic heterocycles. The lowest BCUT2D eigenvalue weighted by molar-refractivity contribution is -0.0806. The maximum atomic E-state index is 8.87. The maximum Gasteiger partial charge on any atom is 0.317 e. The lowest BCUT2D eigenvalue weighted by Crippen LogP contribution is -2.29. The van der Waals surface area contributed by atoms with Crippen LogP contribution in [0.4, 0.5) is 0 Å². The van der Waals surface area contributed by atoms with E-state index in [1.165, 1.54) is 6.26 Å². The molecule has 2 rings (SSSR count). The standard InChI is InChI=1S/C10H11NO3/c12-9-7-13-10(14-9)11-6-8-4-2-1-3-5-8/h1-5,7,10-12H,6H2. The minimum Gasteiger partial charge on any atom is -0.479 e. The number of ether oxygens (including phenoxy) is 2. The van der Waals surface area contributed by atoms with Gasteiger partial charge >= 0.3 is 12.4 Å². The molecule has 0 radical (unpaired) electrons. The van der Waals surface area contributed by atoms with Gasteiger partial charge in [0, 0.05) is 6.54 Å². The summed E-state index contributed by atoms with van der Waals surface area (Å²) < 4.78 is 9.81. The van der Waals surface area contributed by atoms with Crippen molar-refractivity contribution in [3.05, 3.63) is 48.1 Å². The monoisotopic (exact) mass is 193 g/mol. The van der Waals surface area contributed by atoms with Gasteiger partial charge in [-0.15, -0.1) is 0 Å². The highest BCUT2D eigenvalue weighted by atomic mass is 16.8. The van der Waals surface area contributed by atoms with Crippen molar-refractivity contribution in [1.29, 1.82) is 0 Å². The van der Waals surface area contributed by atoms with Crippen molar-refractivity contribution in [2.45, 2.75) is 13.0 Å². The largest absolute Gasteiger partial charge is 0.479 e. The number of hydrogen-bond donors (Lipinski definition) is 2. The van der Waals surface area contributed by atoms with Gasteiger partial charge in [0.2, 0.25) is 0 Å². The summed E-state index contributed by atoms with van der Waals surface area (Å²) in [5, 5.41) is 11.8. The molecule has 1 aromatic rings. The molecule has 0 spiro atoms. The molecule has 0 bridgehead atoms. The third-order valence-electron chi connectivity index (χ3n) is 1.84. The number of hydrogen-bond acceptors (Lipinski definition) is 4.